The van der Waals surface area contributed by atoms with E-state index in [-0.39, 0.29) is 12.6 Å². The average Bonchev–Trinajstić information content (AvgIpc) is 2.50. The topological polar surface area (TPSA) is 64.6 Å². The number of urea groups is 1. The molecule has 5 heteroatoms. The number of benzene rings is 1. The number of amides is 2. The van der Waals surface area contributed by atoms with E-state index in [2.05, 4.69) is 40.3 Å². The molecule has 2 rings (SSSR count). The van der Waals surface area contributed by atoms with Gasteiger partial charge in [0.1, 0.15) is 0 Å². The molecule has 3 N–H and O–H groups in total. The van der Waals surface area contributed by atoms with Gasteiger partial charge in [-0.1, -0.05) is 30.3 Å². The number of nitrogens with zero attached hydrogens (tertiary/aromatic N) is 1. The quantitative estimate of drug-likeness (QED) is 0.682. The molecular weight excluding hydrogens is 266 g/mol. The van der Waals surface area contributed by atoms with E-state index in [1.54, 1.807) is 6.08 Å². The lowest BCUT2D eigenvalue weighted by molar-refractivity contribution is 0.106. The number of carbonyl (C=O) groups excluding carboxylic acids is 1. The van der Waals surface area contributed by atoms with Crippen LogP contribution in [0.3, 0.4) is 0 Å². The van der Waals surface area contributed by atoms with Crippen molar-refractivity contribution in [2.24, 2.45) is 0 Å². The summed E-state index contributed by atoms with van der Waals surface area (Å²) in [5, 5.41) is 15.3. The summed E-state index contributed by atoms with van der Waals surface area (Å²) in [6.07, 6.45) is 2.06. The van der Waals surface area contributed by atoms with Crippen LogP contribution in [-0.4, -0.2) is 48.3 Å². The van der Waals surface area contributed by atoms with Crippen molar-refractivity contribution in [1.29, 1.82) is 0 Å². The van der Waals surface area contributed by atoms with Gasteiger partial charge in [0.2, 0.25) is 0 Å². The molecule has 1 unspecified atom stereocenters. The monoisotopic (exact) mass is 289 g/mol. The van der Waals surface area contributed by atoms with Gasteiger partial charge >= 0.3 is 6.03 Å². The molecule has 0 saturated carbocycles. The van der Waals surface area contributed by atoms with Crippen LogP contribution in [0.5, 0.6) is 0 Å². The Bertz CT molecular complexity index is 490. The van der Waals surface area contributed by atoms with Crippen molar-refractivity contribution in [2.75, 3.05) is 26.2 Å². The predicted molar refractivity (Wildman–Crippen MR) is 83.0 cm³/mol. The molecule has 0 bridgehead atoms. The van der Waals surface area contributed by atoms with Crippen molar-refractivity contribution >= 4 is 6.03 Å². The van der Waals surface area contributed by atoms with Crippen molar-refractivity contribution in [1.82, 2.24) is 15.5 Å². The summed E-state index contributed by atoms with van der Waals surface area (Å²) in [4.78, 5) is 13.6. The first-order valence-electron chi connectivity index (χ1n) is 7.29. The highest BCUT2D eigenvalue weighted by Gasteiger charge is 2.18. The van der Waals surface area contributed by atoms with Crippen LogP contribution in [0.25, 0.3) is 0 Å². The van der Waals surface area contributed by atoms with Crippen LogP contribution >= 0.6 is 0 Å². The Morgan fingerprint density at radius 1 is 1.38 bits per heavy atom. The molecule has 5 nitrogen and oxygen atoms in total. The Morgan fingerprint density at radius 3 is 2.90 bits per heavy atom. The molecule has 2 amide bonds. The van der Waals surface area contributed by atoms with E-state index in [4.69, 9.17) is 0 Å². The van der Waals surface area contributed by atoms with E-state index >= 15 is 0 Å². The van der Waals surface area contributed by atoms with Crippen LogP contribution in [-0.2, 0) is 13.0 Å². The minimum atomic E-state index is -0.565. The number of nitrogens with one attached hydrogen (secondary N) is 2. The summed E-state index contributed by atoms with van der Waals surface area (Å²) in [5.41, 5.74) is 2.72. The summed E-state index contributed by atoms with van der Waals surface area (Å²) >= 11 is 0. The molecule has 1 aliphatic rings. The number of hydrogen-bond donors (Lipinski definition) is 3. The number of carbonyl (C=O) groups is 1. The lowest BCUT2D eigenvalue weighted by Crippen LogP contribution is -2.44. The second-order valence-corrected chi connectivity index (χ2v) is 5.29. The summed E-state index contributed by atoms with van der Waals surface area (Å²) in [7, 11) is 0. The van der Waals surface area contributed by atoms with Gasteiger partial charge in [0.05, 0.1) is 6.10 Å². The Morgan fingerprint density at radius 2 is 2.14 bits per heavy atom. The van der Waals surface area contributed by atoms with Gasteiger partial charge in [0.15, 0.2) is 0 Å². The fourth-order valence-electron chi connectivity index (χ4n) is 2.51. The Balaban J connectivity index is 1.73. The number of rotatable bonds is 6. The van der Waals surface area contributed by atoms with Gasteiger partial charge in [0, 0.05) is 32.7 Å². The first kappa shape index (κ1) is 15.5. The highest BCUT2D eigenvalue weighted by molar-refractivity contribution is 5.73. The SMILES string of the molecule is C=CCNC(=O)NCC(O)CN1CCc2ccccc2C1. The van der Waals surface area contributed by atoms with Gasteiger partial charge in [0.25, 0.3) is 0 Å². The van der Waals surface area contributed by atoms with Crippen LogP contribution in [0.4, 0.5) is 4.79 Å². The zero-order valence-electron chi connectivity index (χ0n) is 12.2. The number of β-amino-alcohol motifs (C(OH)–C–C–N with tert-alkyl or cyclic N) is 1. The van der Waals surface area contributed by atoms with Crippen LogP contribution in [0, 0.1) is 0 Å². The molecule has 1 aromatic rings. The molecule has 1 aliphatic heterocycles. The maximum atomic E-state index is 11.4. The maximum Gasteiger partial charge on any atom is 0.315 e. The zero-order chi connectivity index (χ0) is 15.1. The molecule has 1 heterocycles. The van der Waals surface area contributed by atoms with Gasteiger partial charge < -0.3 is 15.7 Å². The van der Waals surface area contributed by atoms with E-state index in [1.165, 1.54) is 11.1 Å². The lowest BCUT2D eigenvalue weighted by atomic mass is 10.00. The van der Waals surface area contributed by atoms with Gasteiger partial charge in [-0.2, -0.15) is 0 Å². The molecule has 0 fully saturated rings. The third-order valence-corrected chi connectivity index (χ3v) is 3.58. The molecule has 0 aliphatic carbocycles. The normalized spacial score (nSPS) is 15.9. The molecule has 0 spiro atoms. The molecule has 114 valence electrons. The molecule has 0 aromatic heterocycles. The largest absolute Gasteiger partial charge is 0.390 e. The Labute approximate surface area is 125 Å². The maximum absolute atomic E-state index is 11.4. The van der Waals surface area contributed by atoms with Crippen molar-refractivity contribution in [3.05, 3.63) is 48.0 Å². The lowest BCUT2D eigenvalue weighted by Gasteiger charge is -2.30. The highest BCUT2D eigenvalue weighted by Crippen LogP contribution is 2.18. The first-order valence-corrected chi connectivity index (χ1v) is 7.29. The van der Waals surface area contributed by atoms with Crippen LogP contribution in [0.1, 0.15) is 11.1 Å². The Hall–Kier alpha value is -1.85. The second-order valence-electron chi connectivity index (χ2n) is 5.29. The predicted octanol–water partition coefficient (Wildman–Crippen LogP) is 0.891. The van der Waals surface area contributed by atoms with Crippen molar-refractivity contribution in [3.8, 4) is 0 Å². The Kier molecular flexibility index (Phi) is 5.78. The van der Waals surface area contributed by atoms with Crippen LogP contribution in [0.15, 0.2) is 36.9 Å². The van der Waals surface area contributed by atoms with Crippen molar-refractivity contribution in [3.63, 3.8) is 0 Å². The van der Waals surface area contributed by atoms with E-state index in [1.807, 2.05) is 6.07 Å². The average molecular weight is 289 g/mol. The summed E-state index contributed by atoms with van der Waals surface area (Å²) < 4.78 is 0. The van der Waals surface area contributed by atoms with Crippen LogP contribution < -0.4 is 10.6 Å². The smallest absolute Gasteiger partial charge is 0.315 e. The second kappa shape index (κ2) is 7.81. The molecule has 21 heavy (non-hydrogen) atoms. The molecular formula is C16H23N3O2. The zero-order valence-corrected chi connectivity index (χ0v) is 12.2. The first-order chi connectivity index (χ1) is 10.2. The minimum absolute atomic E-state index is 0.251. The van der Waals surface area contributed by atoms with E-state index in [0.29, 0.717) is 13.1 Å². The van der Waals surface area contributed by atoms with Gasteiger partial charge in [-0.05, 0) is 17.5 Å². The van der Waals surface area contributed by atoms with Gasteiger partial charge in [-0.3, -0.25) is 4.90 Å². The minimum Gasteiger partial charge on any atom is -0.390 e. The molecule has 1 atom stereocenters. The van der Waals surface area contributed by atoms with E-state index in [9.17, 15) is 9.90 Å². The van der Waals surface area contributed by atoms with Gasteiger partial charge in [-0.25, -0.2) is 4.79 Å². The fourth-order valence-corrected chi connectivity index (χ4v) is 2.51. The van der Waals surface area contributed by atoms with Crippen molar-refractivity contribution < 1.29 is 9.90 Å². The molecule has 0 radical (unpaired) electrons. The molecule has 0 saturated heterocycles. The number of aliphatic hydroxyl groups excluding tert-OH is 1. The van der Waals surface area contributed by atoms with Crippen molar-refractivity contribution in [2.45, 2.75) is 19.1 Å². The standard InChI is InChI=1S/C16H23N3O2/c1-2-8-17-16(21)18-10-15(20)12-19-9-7-13-5-3-4-6-14(13)11-19/h2-6,15,20H,1,7-12H2,(H2,17,18,21). The molecule has 1 aromatic carbocycles. The van der Waals surface area contributed by atoms with E-state index in [0.717, 1.165) is 19.5 Å². The summed E-state index contributed by atoms with van der Waals surface area (Å²) in [6.45, 7) is 6.56. The fraction of sp³-hybridized carbons (Fsp3) is 0.438. The van der Waals surface area contributed by atoms with Gasteiger partial charge in [-0.15, -0.1) is 6.58 Å². The number of hydrogen-bond acceptors (Lipinski definition) is 3. The summed E-state index contributed by atoms with van der Waals surface area (Å²) in [6, 6.07) is 8.13. The third-order valence-electron chi connectivity index (χ3n) is 3.58. The highest BCUT2D eigenvalue weighted by atomic mass is 16.3. The number of fused-ring (bicyclic) bond motifs is 1. The van der Waals surface area contributed by atoms with E-state index < -0.39 is 6.10 Å². The number of aliphatic hydroxyl groups is 1. The third kappa shape index (κ3) is 4.88. The van der Waals surface area contributed by atoms with Crippen LogP contribution in [0.2, 0.25) is 0 Å². The summed E-state index contributed by atoms with van der Waals surface area (Å²) in [5.74, 6) is 0.